The topological polar surface area (TPSA) is 153 Å². The number of nitrogens with two attached hydrogens (primary N) is 2. The molecule has 148 valence electrons. The maximum absolute atomic E-state index is 13.8. The van der Waals surface area contributed by atoms with Gasteiger partial charge in [-0.15, -0.1) is 0 Å². The van der Waals surface area contributed by atoms with Crippen LogP contribution in [0.3, 0.4) is 0 Å². The molecule has 0 aliphatic carbocycles. The predicted molar refractivity (Wildman–Crippen MR) is 104 cm³/mol. The number of benzene rings is 1. The minimum absolute atomic E-state index is 0.0239. The van der Waals surface area contributed by atoms with Crippen LogP contribution in [0.4, 0.5) is 16.0 Å². The lowest BCUT2D eigenvalue weighted by atomic mass is 9.97. The number of nitrogens with zero attached hydrogens (tertiary/aromatic N) is 4. The fourth-order valence-electron chi connectivity index (χ4n) is 3.12. The van der Waals surface area contributed by atoms with Crippen LogP contribution >= 0.6 is 0 Å². The van der Waals surface area contributed by atoms with Crippen LogP contribution in [0.5, 0.6) is 0 Å². The summed E-state index contributed by atoms with van der Waals surface area (Å²) >= 11 is 0. The summed E-state index contributed by atoms with van der Waals surface area (Å²) in [6.45, 7) is 1.79. The van der Waals surface area contributed by atoms with Crippen molar-refractivity contribution in [2.24, 2.45) is 5.73 Å². The number of halogens is 1. The van der Waals surface area contributed by atoms with E-state index in [1.54, 1.807) is 6.92 Å². The Hall–Kier alpha value is -3.84. The molecule has 1 atom stereocenters. The van der Waals surface area contributed by atoms with Crippen LogP contribution in [0.25, 0.3) is 10.9 Å². The maximum Gasteiger partial charge on any atom is 0.249 e. The summed E-state index contributed by atoms with van der Waals surface area (Å²) in [4.78, 5) is 24.6. The molecule has 0 fully saturated rings. The van der Waals surface area contributed by atoms with E-state index in [4.69, 9.17) is 16.2 Å². The fraction of sp³-hybridized carbons (Fsp3) is 0.211. The molecule has 9 nitrogen and oxygen atoms in total. The first-order valence-electron chi connectivity index (χ1n) is 8.55. The molecule has 2 aromatic heterocycles. The Morgan fingerprint density at radius 3 is 2.83 bits per heavy atom. The molecule has 3 aromatic rings. The van der Waals surface area contributed by atoms with E-state index in [1.165, 1.54) is 31.6 Å². The number of nitrogen functional groups attached to an aromatic ring is 1. The number of carbonyl (C=O) groups is 1. The molecule has 0 saturated carbocycles. The van der Waals surface area contributed by atoms with E-state index in [0.717, 1.165) is 0 Å². The number of ether oxygens (including phenoxy) is 1. The number of carbonyl (C=O) groups excluding carboxylic acids is 1. The van der Waals surface area contributed by atoms with Gasteiger partial charge in [0.15, 0.2) is 0 Å². The molecule has 0 aliphatic rings. The molecular weight excluding hydrogens is 377 g/mol. The van der Waals surface area contributed by atoms with E-state index in [9.17, 15) is 14.4 Å². The molecule has 0 spiro atoms. The first-order chi connectivity index (χ1) is 13.9. The average Bonchev–Trinajstić information content (AvgIpc) is 2.67. The Kier molecular flexibility index (Phi) is 5.52. The highest BCUT2D eigenvalue weighted by molar-refractivity contribution is 6.07. The van der Waals surface area contributed by atoms with Crippen LogP contribution in [0.2, 0.25) is 0 Å². The van der Waals surface area contributed by atoms with Gasteiger partial charge in [0.05, 0.1) is 29.4 Å². The predicted octanol–water partition coefficient (Wildman–Crippen LogP) is 2.04. The normalized spacial score (nSPS) is 11.8. The molecular formula is C19H18FN7O2. The second-order valence-corrected chi connectivity index (χ2v) is 6.27. The van der Waals surface area contributed by atoms with Crippen LogP contribution in [0, 0.1) is 17.1 Å². The number of rotatable bonds is 6. The van der Waals surface area contributed by atoms with Gasteiger partial charge in [-0.05, 0) is 25.1 Å². The third-order valence-electron chi connectivity index (χ3n) is 4.37. The molecule has 3 rings (SSSR count). The largest absolute Gasteiger partial charge is 0.382 e. The van der Waals surface area contributed by atoms with Gasteiger partial charge in [0.25, 0.3) is 0 Å². The van der Waals surface area contributed by atoms with Crippen molar-refractivity contribution in [1.82, 2.24) is 15.0 Å². The summed E-state index contributed by atoms with van der Waals surface area (Å²) in [5.74, 6) is -0.988. The van der Waals surface area contributed by atoms with Crippen LogP contribution < -0.4 is 16.8 Å². The van der Waals surface area contributed by atoms with Gasteiger partial charge in [-0.2, -0.15) is 5.26 Å². The lowest BCUT2D eigenvalue weighted by Crippen LogP contribution is -2.21. The third kappa shape index (κ3) is 3.76. The molecule has 0 bridgehead atoms. The average molecular weight is 395 g/mol. The van der Waals surface area contributed by atoms with Gasteiger partial charge in [-0.3, -0.25) is 9.78 Å². The van der Waals surface area contributed by atoms with Gasteiger partial charge in [0.2, 0.25) is 5.91 Å². The van der Waals surface area contributed by atoms with Crippen LogP contribution in [-0.2, 0) is 11.3 Å². The minimum atomic E-state index is -0.729. The van der Waals surface area contributed by atoms with Crippen molar-refractivity contribution in [2.75, 3.05) is 18.2 Å². The molecule has 0 saturated heterocycles. The number of primary amides is 1. The number of nitriles is 1. The first kappa shape index (κ1) is 19.9. The number of methoxy groups -OCH3 is 1. The van der Waals surface area contributed by atoms with E-state index in [0.29, 0.717) is 22.2 Å². The van der Waals surface area contributed by atoms with Crippen molar-refractivity contribution in [2.45, 2.75) is 19.6 Å². The lowest BCUT2D eigenvalue weighted by Gasteiger charge is -2.21. The summed E-state index contributed by atoms with van der Waals surface area (Å²) in [5.41, 5.74) is 12.8. The van der Waals surface area contributed by atoms with Crippen molar-refractivity contribution >= 4 is 28.4 Å². The second-order valence-electron chi connectivity index (χ2n) is 6.27. The number of pyridine rings is 1. The number of hydrogen-bond donors (Lipinski definition) is 3. The molecule has 1 unspecified atom stereocenters. The second kappa shape index (κ2) is 8.04. The maximum atomic E-state index is 13.8. The summed E-state index contributed by atoms with van der Waals surface area (Å²) in [6.07, 6.45) is 1.23. The standard InChI is InChI=1S/C19H18FN7O2/c1-9(26-19-12(6-21)17(22)24-8-25-19)16-13(7-29-2)15(18(23)28)11-5-10(20)3-4-14(11)27-16/h3-5,8-9H,7H2,1-2H3,(H2,23,28)(H3,22,24,25,26). The van der Waals surface area contributed by atoms with Crippen molar-refractivity contribution in [3.63, 3.8) is 0 Å². The minimum Gasteiger partial charge on any atom is -0.382 e. The summed E-state index contributed by atoms with van der Waals surface area (Å²) in [7, 11) is 1.46. The van der Waals surface area contributed by atoms with Crippen LogP contribution in [0.1, 0.15) is 40.1 Å². The van der Waals surface area contributed by atoms with E-state index in [1.807, 2.05) is 6.07 Å². The SMILES string of the molecule is COCc1c(C(C)Nc2ncnc(N)c2C#N)nc2ccc(F)cc2c1C(N)=O. The molecule has 1 aromatic carbocycles. The number of amides is 1. The van der Waals surface area contributed by atoms with Gasteiger partial charge in [0, 0.05) is 18.1 Å². The number of anilines is 2. The molecule has 29 heavy (non-hydrogen) atoms. The molecule has 0 aliphatic heterocycles. The monoisotopic (exact) mass is 395 g/mol. The van der Waals surface area contributed by atoms with Crippen molar-refractivity contribution in [1.29, 1.82) is 5.26 Å². The van der Waals surface area contributed by atoms with Crippen LogP contribution in [-0.4, -0.2) is 28.0 Å². The number of fused-ring (bicyclic) bond motifs is 1. The zero-order valence-electron chi connectivity index (χ0n) is 15.7. The Morgan fingerprint density at radius 2 is 2.17 bits per heavy atom. The van der Waals surface area contributed by atoms with Crippen molar-refractivity contribution in [3.8, 4) is 6.07 Å². The van der Waals surface area contributed by atoms with E-state index < -0.39 is 17.8 Å². The summed E-state index contributed by atoms with van der Waals surface area (Å²) in [6, 6.07) is 5.36. The van der Waals surface area contributed by atoms with Gasteiger partial charge >= 0.3 is 0 Å². The van der Waals surface area contributed by atoms with Crippen LogP contribution in [0.15, 0.2) is 24.5 Å². The van der Waals surface area contributed by atoms with Gasteiger partial charge in [-0.1, -0.05) is 0 Å². The molecule has 1 amide bonds. The summed E-state index contributed by atoms with van der Waals surface area (Å²) < 4.78 is 19.0. The molecule has 5 N–H and O–H groups in total. The van der Waals surface area contributed by atoms with Gasteiger partial charge in [0.1, 0.15) is 35.4 Å². The number of nitrogens with one attached hydrogen (secondary N) is 1. The van der Waals surface area contributed by atoms with Crippen molar-refractivity contribution < 1.29 is 13.9 Å². The quantitative estimate of drug-likeness (QED) is 0.573. The third-order valence-corrected chi connectivity index (χ3v) is 4.37. The molecule has 0 radical (unpaired) electrons. The molecule has 10 heteroatoms. The fourth-order valence-corrected chi connectivity index (χ4v) is 3.12. The highest BCUT2D eigenvalue weighted by atomic mass is 19.1. The number of hydrogen-bond acceptors (Lipinski definition) is 8. The van der Waals surface area contributed by atoms with Crippen molar-refractivity contribution in [3.05, 3.63) is 52.7 Å². The van der Waals surface area contributed by atoms with E-state index in [2.05, 4.69) is 20.3 Å². The van der Waals surface area contributed by atoms with E-state index in [-0.39, 0.29) is 29.4 Å². The highest BCUT2D eigenvalue weighted by Gasteiger charge is 2.23. The Bertz CT molecular complexity index is 1140. The lowest BCUT2D eigenvalue weighted by molar-refractivity contribution is 0.0996. The highest BCUT2D eigenvalue weighted by Crippen LogP contribution is 2.30. The van der Waals surface area contributed by atoms with E-state index >= 15 is 0 Å². The zero-order valence-corrected chi connectivity index (χ0v) is 15.7. The smallest absolute Gasteiger partial charge is 0.249 e. The van der Waals surface area contributed by atoms with Gasteiger partial charge in [-0.25, -0.2) is 14.4 Å². The molecule has 2 heterocycles. The Labute approximate surface area is 165 Å². The first-order valence-corrected chi connectivity index (χ1v) is 8.55. The van der Waals surface area contributed by atoms with Gasteiger partial charge < -0.3 is 21.5 Å². The number of aromatic nitrogens is 3. The summed E-state index contributed by atoms with van der Waals surface area (Å²) in [5, 5.41) is 12.7. The Balaban J connectivity index is 2.19. The Morgan fingerprint density at radius 1 is 1.41 bits per heavy atom. The zero-order chi connectivity index (χ0) is 21.1.